The largest absolute Gasteiger partial charge is 0.493 e. The molecule has 0 radical (unpaired) electrons. The average Bonchev–Trinajstić information content (AvgIpc) is 2.61. The summed E-state index contributed by atoms with van der Waals surface area (Å²) in [6.45, 7) is 2.61. The first-order valence-electron chi connectivity index (χ1n) is 7.83. The van der Waals surface area contributed by atoms with Crippen molar-refractivity contribution < 1.29 is 24.2 Å². The highest BCUT2D eigenvalue weighted by Gasteiger charge is 2.17. The van der Waals surface area contributed by atoms with Gasteiger partial charge in [0.05, 0.1) is 12.2 Å². The first kappa shape index (κ1) is 17.5. The van der Waals surface area contributed by atoms with E-state index in [0.717, 1.165) is 18.4 Å². The maximum atomic E-state index is 12.4. The number of hydrogen-bond donors (Lipinski definition) is 1. The molecule has 0 fully saturated rings. The van der Waals surface area contributed by atoms with Gasteiger partial charge in [0.1, 0.15) is 17.9 Å². The lowest BCUT2D eigenvalue weighted by atomic mass is 10.1. The highest BCUT2D eigenvalue weighted by Crippen LogP contribution is 2.22. The summed E-state index contributed by atoms with van der Waals surface area (Å²) in [5.74, 6) is -1.37. The second kappa shape index (κ2) is 8.72. The lowest BCUT2D eigenvalue weighted by Crippen LogP contribution is -2.10. The van der Waals surface area contributed by atoms with Crippen molar-refractivity contribution >= 4 is 11.9 Å². The number of carbonyl (C=O) groups is 2. The van der Waals surface area contributed by atoms with Crippen molar-refractivity contribution in [1.82, 2.24) is 0 Å². The molecule has 1 N–H and O–H groups in total. The van der Waals surface area contributed by atoms with Gasteiger partial charge in [-0.3, -0.25) is 0 Å². The zero-order valence-electron chi connectivity index (χ0n) is 13.5. The van der Waals surface area contributed by atoms with Gasteiger partial charge in [0.25, 0.3) is 0 Å². The van der Waals surface area contributed by atoms with E-state index in [0.29, 0.717) is 12.4 Å². The summed E-state index contributed by atoms with van der Waals surface area (Å²) >= 11 is 0. The topological polar surface area (TPSA) is 72.8 Å². The van der Waals surface area contributed by atoms with Crippen LogP contribution in [-0.4, -0.2) is 23.7 Å². The molecule has 0 aliphatic rings. The second-order valence-corrected chi connectivity index (χ2v) is 5.28. The van der Waals surface area contributed by atoms with E-state index >= 15 is 0 Å². The van der Waals surface area contributed by atoms with E-state index in [1.807, 2.05) is 37.3 Å². The molecule has 5 nitrogen and oxygen atoms in total. The molecule has 0 saturated carbocycles. The Kier molecular flexibility index (Phi) is 6.37. The summed E-state index contributed by atoms with van der Waals surface area (Å²) in [5, 5.41) is 9.11. The fourth-order valence-corrected chi connectivity index (χ4v) is 2.08. The van der Waals surface area contributed by atoms with Crippen molar-refractivity contribution in [3.63, 3.8) is 0 Å². The molecule has 0 atom stereocenters. The first-order valence-corrected chi connectivity index (χ1v) is 7.83. The molecule has 0 unspecified atom stereocenters. The third-order valence-corrected chi connectivity index (χ3v) is 3.41. The maximum absolute atomic E-state index is 12.4. The Morgan fingerprint density at radius 3 is 2.50 bits per heavy atom. The van der Waals surface area contributed by atoms with Crippen LogP contribution in [0.3, 0.4) is 0 Å². The maximum Gasteiger partial charge on any atom is 0.342 e. The van der Waals surface area contributed by atoms with Crippen molar-refractivity contribution in [1.29, 1.82) is 0 Å². The standard InChI is InChI=1S/C19H20O5/c1-2-3-11-23-17-10-9-15(18(20)21)12-16(17)19(22)24-13-14-7-5-4-6-8-14/h4-10,12H,2-3,11,13H2,1H3,(H,20,21). The predicted molar refractivity (Wildman–Crippen MR) is 89.4 cm³/mol. The number of esters is 1. The van der Waals surface area contributed by atoms with Crippen molar-refractivity contribution in [2.75, 3.05) is 6.61 Å². The number of benzene rings is 2. The van der Waals surface area contributed by atoms with Crippen LogP contribution in [0.4, 0.5) is 0 Å². The number of rotatable bonds is 8. The number of ether oxygens (including phenoxy) is 2. The van der Waals surface area contributed by atoms with Crippen molar-refractivity contribution in [2.45, 2.75) is 26.4 Å². The van der Waals surface area contributed by atoms with E-state index in [2.05, 4.69) is 0 Å². The fraction of sp³-hybridized carbons (Fsp3) is 0.263. The Balaban J connectivity index is 2.15. The molecule has 0 aromatic heterocycles. The Hall–Kier alpha value is -2.82. The van der Waals surface area contributed by atoms with Gasteiger partial charge in [-0.25, -0.2) is 9.59 Å². The smallest absolute Gasteiger partial charge is 0.342 e. The number of carboxylic acids is 1. The molecule has 0 amide bonds. The van der Waals surface area contributed by atoms with E-state index in [-0.39, 0.29) is 17.7 Å². The predicted octanol–water partition coefficient (Wildman–Crippen LogP) is 3.92. The Bertz CT molecular complexity index is 694. The summed E-state index contributed by atoms with van der Waals surface area (Å²) in [6, 6.07) is 13.5. The fourth-order valence-electron chi connectivity index (χ4n) is 2.08. The van der Waals surface area contributed by atoms with Crippen LogP contribution in [0.15, 0.2) is 48.5 Å². The van der Waals surface area contributed by atoms with Crippen molar-refractivity contribution in [2.24, 2.45) is 0 Å². The molecular weight excluding hydrogens is 308 g/mol. The molecule has 0 saturated heterocycles. The Morgan fingerprint density at radius 1 is 1.08 bits per heavy atom. The van der Waals surface area contributed by atoms with E-state index in [1.165, 1.54) is 18.2 Å². The van der Waals surface area contributed by atoms with E-state index < -0.39 is 11.9 Å². The average molecular weight is 328 g/mol. The summed E-state index contributed by atoms with van der Waals surface area (Å²) in [7, 11) is 0. The lowest BCUT2D eigenvalue weighted by molar-refractivity contribution is 0.0468. The Morgan fingerprint density at radius 2 is 1.83 bits per heavy atom. The third-order valence-electron chi connectivity index (χ3n) is 3.41. The van der Waals surface area contributed by atoms with E-state index in [1.54, 1.807) is 0 Å². The van der Waals surface area contributed by atoms with Gasteiger partial charge in [-0.1, -0.05) is 43.7 Å². The van der Waals surface area contributed by atoms with Crippen LogP contribution in [0.25, 0.3) is 0 Å². The van der Waals surface area contributed by atoms with Gasteiger partial charge in [0, 0.05) is 0 Å². The lowest BCUT2D eigenvalue weighted by Gasteiger charge is -2.12. The highest BCUT2D eigenvalue weighted by molar-refractivity contribution is 5.96. The molecule has 5 heteroatoms. The Labute approximate surface area is 140 Å². The SMILES string of the molecule is CCCCOc1ccc(C(=O)O)cc1C(=O)OCc1ccccc1. The molecule has 2 aromatic carbocycles. The number of carboxylic acid groups (broad SMARTS) is 1. The molecule has 0 spiro atoms. The molecule has 0 aliphatic carbocycles. The minimum atomic E-state index is -1.10. The van der Waals surface area contributed by atoms with Crippen molar-refractivity contribution in [3.8, 4) is 5.75 Å². The number of unbranched alkanes of at least 4 members (excludes halogenated alkanes) is 1. The monoisotopic (exact) mass is 328 g/mol. The van der Waals surface area contributed by atoms with Crippen LogP contribution >= 0.6 is 0 Å². The minimum Gasteiger partial charge on any atom is -0.493 e. The van der Waals surface area contributed by atoms with Gasteiger partial charge < -0.3 is 14.6 Å². The minimum absolute atomic E-state index is 0.0181. The van der Waals surface area contributed by atoms with Crippen molar-refractivity contribution in [3.05, 3.63) is 65.2 Å². The van der Waals surface area contributed by atoms with Crippen LogP contribution in [0.2, 0.25) is 0 Å². The molecule has 2 rings (SSSR count). The molecule has 2 aromatic rings. The highest BCUT2D eigenvalue weighted by atomic mass is 16.5. The second-order valence-electron chi connectivity index (χ2n) is 5.28. The molecule has 24 heavy (non-hydrogen) atoms. The van der Waals surface area contributed by atoms with Gasteiger partial charge in [0.15, 0.2) is 0 Å². The number of carbonyl (C=O) groups excluding carboxylic acids is 1. The number of aromatic carboxylic acids is 1. The third kappa shape index (κ3) is 4.84. The van der Waals surface area contributed by atoms with Crippen LogP contribution in [0, 0.1) is 0 Å². The van der Waals surface area contributed by atoms with Gasteiger partial charge in [-0.05, 0) is 30.2 Å². The summed E-state index contributed by atoms with van der Waals surface area (Å²) < 4.78 is 10.9. The molecule has 0 bridgehead atoms. The van der Waals surface area contributed by atoms with E-state index in [9.17, 15) is 9.59 Å². The summed E-state index contributed by atoms with van der Waals surface area (Å²) in [5.41, 5.74) is 1.00. The summed E-state index contributed by atoms with van der Waals surface area (Å²) in [6.07, 6.45) is 1.81. The molecule has 0 aliphatic heterocycles. The van der Waals surface area contributed by atoms with Gasteiger partial charge in [-0.15, -0.1) is 0 Å². The van der Waals surface area contributed by atoms with Crippen LogP contribution < -0.4 is 4.74 Å². The van der Waals surface area contributed by atoms with Crippen LogP contribution in [0.5, 0.6) is 5.75 Å². The zero-order chi connectivity index (χ0) is 17.4. The normalized spacial score (nSPS) is 10.2. The van der Waals surface area contributed by atoms with E-state index in [4.69, 9.17) is 14.6 Å². The quantitative estimate of drug-likeness (QED) is 0.587. The van der Waals surface area contributed by atoms with Gasteiger partial charge in [0.2, 0.25) is 0 Å². The van der Waals surface area contributed by atoms with Gasteiger partial charge >= 0.3 is 11.9 Å². The van der Waals surface area contributed by atoms with Crippen LogP contribution in [0.1, 0.15) is 46.0 Å². The van der Waals surface area contributed by atoms with Gasteiger partial charge in [-0.2, -0.15) is 0 Å². The molecule has 126 valence electrons. The summed E-state index contributed by atoms with van der Waals surface area (Å²) in [4.78, 5) is 23.5. The zero-order valence-corrected chi connectivity index (χ0v) is 13.5. The molecule has 0 heterocycles. The first-order chi connectivity index (χ1) is 11.6. The molecular formula is C19H20O5. The number of hydrogen-bond acceptors (Lipinski definition) is 4. The van der Waals surface area contributed by atoms with Crippen LogP contribution in [-0.2, 0) is 11.3 Å².